The minimum Gasteiger partial charge on any atom is -0.441 e. The van der Waals surface area contributed by atoms with Gasteiger partial charge in [-0.3, -0.25) is 0 Å². The minimum absolute atomic E-state index is 0.315. The van der Waals surface area contributed by atoms with Gasteiger partial charge < -0.3 is 14.2 Å². The summed E-state index contributed by atoms with van der Waals surface area (Å²) in [5.74, 6) is 1.51. The van der Waals surface area contributed by atoms with Gasteiger partial charge in [-0.15, -0.1) is 11.3 Å². The topological polar surface area (TPSA) is 109 Å². The van der Waals surface area contributed by atoms with E-state index in [9.17, 15) is 13.2 Å². The summed E-state index contributed by atoms with van der Waals surface area (Å²) in [5, 5.41) is 0.443. The fourth-order valence-corrected chi connectivity index (χ4v) is 5.56. The molecule has 1 saturated heterocycles. The zero-order valence-electron chi connectivity index (χ0n) is 18.8. The zero-order chi connectivity index (χ0) is 25.0. The van der Waals surface area contributed by atoms with Crippen LogP contribution in [-0.4, -0.2) is 61.2 Å². The molecule has 3 aromatic heterocycles. The van der Waals surface area contributed by atoms with Gasteiger partial charge in [0.1, 0.15) is 11.6 Å². The van der Waals surface area contributed by atoms with Crippen molar-refractivity contribution in [1.29, 1.82) is 0 Å². The SMILES string of the molecule is CCc1cnc(-c2cnc(N3CCN(C(=O)NS(=O)(=O)CC=Cc4ccc(Cl)s4)CC3)c(Cl)c2)o1. The number of aryl methyl sites for hydroxylation is 1. The van der Waals surface area contributed by atoms with Crippen molar-refractivity contribution in [1.82, 2.24) is 19.6 Å². The highest BCUT2D eigenvalue weighted by atomic mass is 35.5. The number of rotatable bonds is 7. The van der Waals surface area contributed by atoms with Gasteiger partial charge in [0, 0.05) is 43.7 Å². The van der Waals surface area contributed by atoms with Crippen molar-refractivity contribution in [2.75, 3.05) is 36.8 Å². The molecule has 1 aliphatic heterocycles. The van der Waals surface area contributed by atoms with Crippen LogP contribution in [-0.2, 0) is 16.4 Å². The Balaban J connectivity index is 1.30. The Labute approximate surface area is 217 Å². The first-order chi connectivity index (χ1) is 16.7. The first kappa shape index (κ1) is 25.5. The number of amides is 2. The van der Waals surface area contributed by atoms with Gasteiger partial charge in [0.15, 0.2) is 0 Å². The predicted octanol–water partition coefficient (Wildman–Crippen LogP) is 4.54. The molecule has 0 saturated carbocycles. The number of piperazine rings is 1. The molecule has 4 heterocycles. The van der Waals surface area contributed by atoms with Gasteiger partial charge >= 0.3 is 6.03 Å². The molecular weight excluding hydrogens is 533 g/mol. The normalized spacial score (nSPS) is 14.6. The third-order valence-corrected chi connectivity index (χ3v) is 7.86. The van der Waals surface area contributed by atoms with Crippen molar-refractivity contribution in [2.45, 2.75) is 13.3 Å². The minimum atomic E-state index is -3.82. The summed E-state index contributed by atoms with van der Waals surface area (Å²) in [6.07, 6.45) is 7.21. The molecule has 186 valence electrons. The van der Waals surface area contributed by atoms with Gasteiger partial charge in [-0.1, -0.05) is 36.2 Å². The third-order valence-electron chi connectivity index (χ3n) is 5.27. The van der Waals surface area contributed by atoms with Crippen LogP contribution in [0.25, 0.3) is 17.5 Å². The molecule has 0 aromatic carbocycles. The summed E-state index contributed by atoms with van der Waals surface area (Å²) >= 11 is 13.7. The molecule has 1 N–H and O–H groups in total. The lowest BCUT2D eigenvalue weighted by atomic mass is 10.2. The van der Waals surface area contributed by atoms with E-state index in [1.807, 2.05) is 11.8 Å². The zero-order valence-corrected chi connectivity index (χ0v) is 21.9. The van der Waals surface area contributed by atoms with Crippen molar-refractivity contribution in [3.05, 3.63) is 56.7 Å². The molecule has 2 amide bonds. The number of thiophene rings is 1. The number of nitrogens with one attached hydrogen (secondary N) is 1. The molecule has 0 bridgehead atoms. The third kappa shape index (κ3) is 6.54. The van der Waals surface area contributed by atoms with Gasteiger partial charge in [0.05, 0.1) is 26.9 Å². The molecule has 4 rings (SSSR count). The fraction of sp³-hybridized carbons (Fsp3) is 0.318. The van der Waals surface area contributed by atoms with E-state index >= 15 is 0 Å². The van der Waals surface area contributed by atoms with Crippen LogP contribution in [0.4, 0.5) is 10.6 Å². The molecule has 13 heteroatoms. The van der Waals surface area contributed by atoms with Crippen LogP contribution in [0.1, 0.15) is 17.6 Å². The lowest BCUT2D eigenvalue weighted by Gasteiger charge is -2.35. The summed E-state index contributed by atoms with van der Waals surface area (Å²) in [4.78, 5) is 25.5. The Morgan fingerprint density at radius 1 is 1.20 bits per heavy atom. The Morgan fingerprint density at radius 2 is 1.97 bits per heavy atom. The maximum Gasteiger partial charge on any atom is 0.331 e. The van der Waals surface area contributed by atoms with Crippen LogP contribution in [0, 0.1) is 0 Å². The van der Waals surface area contributed by atoms with Crippen molar-refractivity contribution in [2.24, 2.45) is 0 Å². The monoisotopic (exact) mass is 555 g/mol. The number of carbonyl (C=O) groups excluding carboxylic acids is 1. The quantitative estimate of drug-likeness (QED) is 0.455. The number of halogens is 2. The molecule has 0 spiro atoms. The second-order valence-electron chi connectivity index (χ2n) is 7.72. The van der Waals surface area contributed by atoms with Crippen molar-refractivity contribution in [3.63, 3.8) is 0 Å². The van der Waals surface area contributed by atoms with E-state index in [1.54, 1.807) is 36.7 Å². The van der Waals surface area contributed by atoms with Gasteiger partial charge in [-0.05, 0) is 24.3 Å². The van der Waals surface area contributed by atoms with Gasteiger partial charge in [-0.25, -0.2) is 27.9 Å². The number of hydrogen-bond donors (Lipinski definition) is 1. The first-order valence-electron chi connectivity index (χ1n) is 10.8. The standard InChI is InChI=1S/C22H23Cl2N5O4S2/c1-2-16-14-26-21(33-16)15-12-18(23)20(25-13-15)28-7-9-29(10-8-28)22(30)27-35(31,32)11-3-4-17-5-6-19(24)34-17/h3-6,12-14H,2,7-11H2,1H3,(H,27,30). The molecule has 3 aromatic rings. The van der Waals surface area contributed by atoms with E-state index in [-0.39, 0.29) is 5.75 Å². The molecule has 0 aliphatic carbocycles. The van der Waals surface area contributed by atoms with E-state index in [0.717, 1.165) is 17.1 Å². The van der Waals surface area contributed by atoms with Crippen molar-refractivity contribution in [3.8, 4) is 11.5 Å². The summed E-state index contributed by atoms with van der Waals surface area (Å²) in [7, 11) is -3.82. The first-order valence-corrected chi connectivity index (χ1v) is 14.0. The summed E-state index contributed by atoms with van der Waals surface area (Å²) in [6.45, 7) is 3.54. The van der Waals surface area contributed by atoms with E-state index in [4.69, 9.17) is 27.6 Å². The Hall–Kier alpha value is -2.60. The van der Waals surface area contributed by atoms with Crippen LogP contribution >= 0.6 is 34.5 Å². The molecule has 1 fully saturated rings. The summed E-state index contributed by atoms with van der Waals surface area (Å²) in [6, 6.07) is 4.62. The van der Waals surface area contributed by atoms with Gasteiger partial charge in [0.25, 0.3) is 0 Å². The Morgan fingerprint density at radius 3 is 2.60 bits per heavy atom. The average molecular weight is 556 g/mol. The largest absolute Gasteiger partial charge is 0.441 e. The number of anilines is 1. The molecule has 35 heavy (non-hydrogen) atoms. The van der Waals surface area contributed by atoms with Gasteiger partial charge in [0.2, 0.25) is 15.9 Å². The number of pyridine rings is 1. The van der Waals surface area contributed by atoms with E-state index in [0.29, 0.717) is 52.8 Å². The van der Waals surface area contributed by atoms with Crippen LogP contribution in [0.3, 0.4) is 0 Å². The van der Waals surface area contributed by atoms with Crippen LogP contribution in [0.5, 0.6) is 0 Å². The van der Waals surface area contributed by atoms with Crippen LogP contribution < -0.4 is 9.62 Å². The van der Waals surface area contributed by atoms with Crippen LogP contribution in [0.2, 0.25) is 9.36 Å². The second kappa shape index (κ2) is 11.0. The molecule has 0 atom stereocenters. The van der Waals surface area contributed by atoms with Gasteiger partial charge in [-0.2, -0.15) is 0 Å². The summed E-state index contributed by atoms with van der Waals surface area (Å²) in [5.41, 5.74) is 0.679. The van der Waals surface area contributed by atoms with Crippen LogP contribution in [0.15, 0.2) is 41.1 Å². The molecule has 1 aliphatic rings. The number of hydrogen-bond acceptors (Lipinski definition) is 8. The Bertz CT molecular complexity index is 1330. The predicted molar refractivity (Wildman–Crippen MR) is 139 cm³/mol. The highest BCUT2D eigenvalue weighted by molar-refractivity contribution is 7.90. The summed E-state index contributed by atoms with van der Waals surface area (Å²) < 4.78 is 33.0. The number of nitrogens with zero attached hydrogens (tertiary/aromatic N) is 4. The number of sulfonamides is 1. The number of aromatic nitrogens is 2. The van der Waals surface area contributed by atoms with E-state index < -0.39 is 16.1 Å². The second-order valence-corrected chi connectivity index (χ2v) is 11.6. The lowest BCUT2D eigenvalue weighted by molar-refractivity contribution is 0.200. The maximum absolute atomic E-state index is 12.5. The molecular formula is C22H23Cl2N5O4S2. The van der Waals surface area contributed by atoms with Crippen molar-refractivity contribution >= 4 is 62.5 Å². The van der Waals surface area contributed by atoms with E-state index in [1.165, 1.54) is 22.3 Å². The molecule has 9 nitrogen and oxygen atoms in total. The smallest absolute Gasteiger partial charge is 0.331 e. The number of oxazole rings is 1. The highest BCUT2D eigenvalue weighted by Crippen LogP contribution is 2.29. The Kier molecular flexibility index (Phi) is 8.00. The molecule has 0 radical (unpaired) electrons. The maximum atomic E-state index is 12.5. The molecule has 0 unspecified atom stereocenters. The highest BCUT2D eigenvalue weighted by Gasteiger charge is 2.26. The fourth-order valence-electron chi connectivity index (χ4n) is 3.45. The average Bonchev–Trinajstić information content (AvgIpc) is 3.47. The number of urea groups is 1. The van der Waals surface area contributed by atoms with Crippen molar-refractivity contribution < 1.29 is 17.6 Å². The van der Waals surface area contributed by atoms with E-state index in [2.05, 4.69) is 14.7 Å². The number of carbonyl (C=O) groups is 1. The lowest BCUT2D eigenvalue weighted by Crippen LogP contribution is -2.53.